The second kappa shape index (κ2) is 7.22. The van der Waals surface area contributed by atoms with Crippen LogP contribution in [0.1, 0.15) is 12.0 Å². The predicted octanol–water partition coefficient (Wildman–Crippen LogP) is 1.14. The van der Waals surface area contributed by atoms with Gasteiger partial charge in [0.2, 0.25) is 0 Å². The molecular weight excluding hydrogens is 216 g/mol. The van der Waals surface area contributed by atoms with Crippen molar-refractivity contribution in [2.75, 3.05) is 19.8 Å². The van der Waals surface area contributed by atoms with Crippen molar-refractivity contribution in [2.24, 2.45) is 5.41 Å². The van der Waals surface area contributed by atoms with Crippen LogP contribution >= 0.6 is 0 Å². The first-order valence-electron chi connectivity index (χ1n) is 5.78. The summed E-state index contributed by atoms with van der Waals surface area (Å²) in [7, 11) is 0. The maximum absolute atomic E-state index is 9.48. The Morgan fingerprint density at radius 2 is 1.59 bits per heavy atom. The average Bonchev–Trinajstić information content (AvgIpc) is 2.39. The van der Waals surface area contributed by atoms with Gasteiger partial charge in [-0.2, -0.15) is 0 Å². The zero-order valence-electron chi connectivity index (χ0n) is 9.92. The molecule has 1 rings (SSSR count). The topological polar surface area (TPSA) is 60.7 Å². The van der Waals surface area contributed by atoms with Crippen molar-refractivity contribution in [1.82, 2.24) is 0 Å². The Morgan fingerprint density at radius 1 is 0.941 bits per heavy atom. The molecule has 0 spiro atoms. The minimum Gasteiger partial charge on any atom is -0.396 e. The van der Waals surface area contributed by atoms with Gasteiger partial charge in [-0.3, -0.25) is 0 Å². The standard InChI is InChI=1S/C14H20O3/c15-9-5-4-8-14(11-16,12-17)10-13-6-2-1-3-7-13/h1-7,15-17H,8-12H2/b5-4+. The van der Waals surface area contributed by atoms with E-state index in [0.717, 1.165) is 5.56 Å². The lowest BCUT2D eigenvalue weighted by molar-refractivity contribution is 0.0569. The molecule has 1 aromatic carbocycles. The number of aliphatic hydroxyl groups is 3. The first kappa shape index (κ1) is 13.9. The van der Waals surface area contributed by atoms with Crippen molar-refractivity contribution in [3.63, 3.8) is 0 Å². The maximum Gasteiger partial charge on any atom is 0.0612 e. The van der Waals surface area contributed by atoms with E-state index >= 15 is 0 Å². The summed E-state index contributed by atoms with van der Waals surface area (Å²) in [6.45, 7) is -0.166. The SMILES string of the molecule is OC/C=C/CC(CO)(CO)Cc1ccccc1. The fourth-order valence-electron chi connectivity index (χ4n) is 1.80. The van der Waals surface area contributed by atoms with Crippen molar-refractivity contribution in [2.45, 2.75) is 12.8 Å². The van der Waals surface area contributed by atoms with E-state index in [1.165, 1.54) is 0 Å². The van der Waals surface area contributed by atoms with E-state index in [-0.39, 0.29) is 19.8 Å². The third-order valence-corrected chi connectivity index (χ3v) is 2.92. The molecule has 3 nitrogen and oxygen atoms in total. The van der Waals surface area contributed by atoms with Crippen LogP contribution in [0.4, 0.5) is 0 Å². The number of aliphatic hydroxyl groups excluding tert-OH is 3. The first-order valence-corrected chi connectivity index (χ1v) is 5.78. The summed E-state index contributed by atoms with van der Waals surface area (Å²) in [5.41, 5.74) is 0.542. The van der Waals surface area contributed by atoms with Gasteiger partial charge in [-0.25, -0.2) is 0 Å². The van der Waals surface area contributed by atoms with Crippen molar-refractivity contribution >= 4 is 0 Å². The van der Waals surface area contributed by atoms with Crippen molar-refractivity contribution in [1.29, 1.82) is 0 Å². The summed E-state index contributed by atoms with van der Waals surface area (Å²) >= 11 is 0. The maximum atomic E-state index is 9.48. The molecular formula is C14H20O3. The van der Waals surface area contributed by atoms with E-state index < -0.39 is 5.41 Å². The number of rotatable bonds is 7. The lowest BCUT2D eigenvalue weighted by Gasteiger charge is -2.28. The summed E-state index contributed by atoms with van der Waals surface area (Å²) in [6.07, 6.45) is 4.60. The van der Waals surface area contributed by atoms with Gasteiger partial charge in [0.05, 0.1) is 19.8 Å². The Morgan fingerprint density at radius 3 is 2.12 bits per heavy atom. The summed E-state index contributed by atoms with van der Waals surface area (Å²) in [5, 5.41) is 27.6. The van der Waals surface area contributed by atoms with Crippen LogP contribution in [-0.4, -0.2) is 35.1 Å². The summed E-state index contributed by atoms with van der Waals surface area (Å²) in [4.78, 5) is 0. The van der Waals surface area contributed by atoms with Gasteiger partial charge < -0.3 is 15.3 Å². The fourth-order valence-corrected chi connectivity index (χ4v) is 1.80. The molecule has 0 aliphatic carbocycles. The second-order valence-electron chi connectivity index (χ2n) is 4.34. The Labute approximate surface area is 102 Å². The van der Waals surface area contributed by atoms with Gasteiger partial charge in [0, 0.05) is 5.41 Å². The van der Waals surface area contributed by atoms with Gasteiger partial charge in [0.1, 0.15) is 0 Å². The van der Waals surface area contributed by atoms with E-state index in [4.69, 9.17) is 5.11 Å². The summed E-state index contributed by atoms with van der Waals surface area (Å²) in [5.74, 6) is 0. The van der Waals surface area contributed by atoms with Crippen LogP contribution < -0.4 is 0 Å². The van der Waals surface area contributed by atoms with E-state index in [0.29, 0.717) is 12.8 Å². The molecule has 0 aromatic heterocycles. The molecule has 94 valence electrons. The summed E-state index contributed by atoms with van der Waals surface area (Å²) < 4.78 is 0. The van der Waals surface area contributed by atoms with Gasteiger partial charge in [0.15, 0.2) is 0 Å². The molecule has 0 atom stereocenters. The largest absolute Gasteiger partial charge is 0.396 e. The predicted molar refractivity (Wildman–Crippen MR) is 67.6 cm³/mol. The Kier molecular flexibility index (Phi) is 5.91. The molecule has 0 amide bonds. The highest BCUT2D eigenvalue weighted by molar-refractivity contribution is 5.17. The van der Waals surface area contributed by atoms with Crippen LogP contribution in [0.2, 0.25) is 0 Å². The monoisotopic (exact) mass is 236 g/mol. The van der Waals surface area contributed by atoms with E-state index in [2.05, 4.69) is 0 Å². The molecule has 0 unspecified atom stereocenters. The number of hydrogen-bond acceptors (Lipinski definition) is 3. The molecule has 0 radical (unpaired) electrons. The minimum atomic E-state index is -0.549. The molecule has 17 heavy (non-hydrogen) atoms. The van der Waals surface area contributed by atoms with Crippen LogP contribution in [0.15, 0.2) is 42.5 Å². The number of benzene rings is 1. The highest BCUT2D eigenvalue weighted by atomic mass is 16.3. The van der Waals surface area contributed by atoms with Crippen LogP contribution in [-0.2, 0) is 6.42 Å². The van der Waals surface area contributed by atoms with E-state index in [1.54, 1.807) is 12.2 Å². The van der Waals surface area contributed by atoms with Crippen LogP contribution in [0.5, 0.6) is 0 Å². The third kappa shape index (κ3) is 4.30. The Balaban J connectivity index is 2.73. The average molecular weight is 236 g/mol. The molecule has 0 fully saturated rings. The lowest BCUT2D eigenvalue weighted by atomic mass is 9.80. The van der Waals surface area contributed by atoms with Crippen LogP contribution in [0.25, 0.3) is 0 Å². The molecule has 3 N–H and O–H groups in total. The highest BCUT2D eigenvalue weighted by Gasteiger charge is 2.27. The zero-order chi connectivity index (χ0) is 12.6. The lowest BCUT2D eigenvalue weighted by Crippen LogP contribution is -2.31. The normalized spacial score (nSPS) is 12.2. The third-order valence-electron chi connectivity index (χ3n) is 2.92. The van der Waals surface area contributed by atoms with Crippen molar-refractivity contribution in [3.8, 4) is 0 Å². The van der Waals surface area contributed by atoms with Gasteiger partial charge in [-0.1, -0.05) is 42.5 Å². The van der Waals surface area contributed by atoms with Crippen molar-refractivity contribution in [3.05, 3.63) is 48.0 Å². The quantitative estimate of drug-likeness (QED) is 0.622. The van der Waals surface area contributed by atoms with Gasteiger partial charge in [-0.05, 0) is 18.4 Å². The Bertz CT molecular complexity index is 329. The fraction of sp³-hybridized carbons (Fsp3) is 0.429. The zero-order valence-corrected chi connectivity index (χ0v) is 9.92. The van der Waals surface area contributed by atoms with Gasteiger partial charge >= 0.3 is 0 Å². The molecule has 0 bridgehead atoms. The van der Waals surface area contributed by atoms with Crippen LogP contribution in [0, 0.1) is 5.41 Å². The smallest absolute Gasteiger partial charge is 0.0612 e. The van der Waals surface area contributed by atoms with Crippen LogP contribution in [0.3, 0.4) is 0 Å². The van der Waals surface area contributed by atoms with Gasteiger partial charge in [-0.15, -0.1) is 0 Å². The van der Waals surface area contributed by atoms with Crippen molar-refractivity contribution < 1.29 is 15.3 Å². The minimum absolute atomic E-state index is 0.0156. The second-order valence-corrected chi connectivity index (χ2v) is 4.34. The van der Waals surface area contributed by atoms with E-state index in [1.807, 2.05) is 30.3 Å². The molecule has 3 heteroatoms. The molecule has 0 saturated heterocycles. The Hall–Kier alpha value is -1.16. The molecule has 1 aromatic rings. The molecule has 0 saturated carbocycles. The first-order chi connectivity index (χ1) is 8.26. The molecule has 0 aliphatic rings. The van der Waals surface area contributed by atoms with Gasteiger partial charge in [0.25, 0.3) is 0 Å². The number of allylic oxidation sites excluding steroid dienone is 1. The molecule has 0 heterocycles. The number of hydrogen-bond donors (Lipinski definition) is 3. The highest BCUT2D eigenvalue weighted by Crippen LogP contribution is 2.26. The van der Waals surface area contributed by atoms with E-state index in [9.17, 15) is 10.2 Å². The molecule has 0 aliphatic heterocycles. The summed E-state index contributed by atoms with van der Waals surface area (Å²) in [6, 6.07) is 9.79.